The van der Waals surface area contributed by atoms with Gasteiger partial charge in [-0.2, -0.15) is 0 Å². The molecule has 1 saturated heterocycles. The highest BCUT2D eigenvalue weighted by molar-refractivity contribution is 5.91. The molecule has 1 aromatic carbocycles. The Labute approximate surface area is 154 Å². The molecule has 138 valence electrons. The number of hydrogen-bond acceptors (Lipinski definition) is 5. The van der Waals surface area contributed by atoms with Crippen molar-refractivity contribution in [3.63, 3.8) is 0 Å². The molecule has 0 bridgehead atoms. The normalized spacial score (nSPS) is 15.6. The molecule has 0 unspecified atom stereocenters. The molecule has 0 atom stereocenters. The van der Waals surface area contributed by atoms with Gasteiger partial charge in [0.05, 0.1) is 12.8 Å². The number of nitrogens with zero attached hydrogens (tertiary/aromatic N) is 3. The van der Waals surface area contributed by atoms with Gasteiger partial charge in [-0.05, 0) is 37.6 Å². The van der Waals surface area contributed by atoms with Gasteiger partial charge in [0.1, 0.15) is 11.5 Å². The van der Waals surface area contributed by atoms with E-state index in [0.717, 1.165) is 61.1 Å². The number of hydrogen-bond donors (Lipinski definition) is 0. The number of ether oxygens (including phenoxy) is 1. The van der Waals surface area contributed by atoms with E-state index in [0.29, 0.717) is 0 Å². The van der Waals surface area contributed by atoms with Crippen molar-refractivity contribution in [2.45, 2.75) is 20.4 Å². The zero-order chi connectivity index (χ0) is 18.5. The third-order valence-corrected chi connectivity index (χ3v) is 4.76. The number of methoxy groups -OCH3 is 1. The lowest BCUT2D eigenvalue weighted by Crippen LogP contribution is -2.47. The van der Waals surface area contributed by atoms with Crippen LogP contribution in [0.1, 0.15) is 22.6 Å². The monoisotopic (exact) mass is 355 g/mol. The van der Waals surface area contributed by atoms with Crippen LogP contribution >= 0.6 is 0 Å². The first-order valence-electron chi connectivity index (χ1n) is 8.82. The number of rotatable bonds is 5. The summed E-state index contributed by atoms with van der Waals surface area (Å²) in [6.07, 6.45) is 3.47. The highest BCUT2D eigenvalue weighted by Gasteiger charge is 2.21. The number of carbonyl (C=O) groups excluding carboxylic acids is 1. The molecule has 1 aliphatic heterocycles. The van der Waals surface area contributed by atoms with E-state index >= 15 is 0 Å². The van der Waals surface area contributed by atoms with Crippen LogP contribution in [-0.4, -0.2) is 54.2 Å². The summed E-state index contributed by atoms with van der Waals surface area (Å²) in [5, 5.41) is 4.01. The Kier molecular flexibility index (Phi) is 5.73. The summed E-state index contributed by atoms with van der Waals surface area (Å²) in [6, 6.07) is 7.66. The lowest BCUT2D eigenvalue weighted by molar-refractivity contribution is -0.127. The third-order valence-electron chi connectivity index (χ3n) is 4.76. The van der Waals surface area contributed by atoms with Crippen LogP contribution in [0.4, 0.5) is 0 Å². The van der Waals surface area contributed by atoms with Crippen LogP contribution < -0.4 is 4.74 Å². The van der Waals surface area contributed by atoms with E-state index < -0.39 is 0 Å². The van der Waals surface area contributed by atoms with Crippen LogP contribution in [-0.2, 0) is 11.3 Å². The van der Waals surface area contributed by atoms with Gasteiger partial charge in [-0.1, -0.05) is 17.3 Å². The fraction of sp³-hybridized carbons (Fsp3) is 0.400. The van der Waals surface area contributed by atoms with Gasteiger partial charge in [-0.15, -0.1) is 0 Å². The number of benzene rings is 1. The number of aromatic nitrogens is 1. The molecule has 0 spiro atoms. The maximum atomic E-state index is 12.4. The SMILES string of the molecule is COc1cccc(C=CC(=O)N2CCN(Cc3c(C)noc3C)CC2)c1. The maximum Gasteiger partial charge on any atom is 0.246 e. The molecule has 2 heterocycles. The number of piperazine rings is 1. The van der Waals surface area contributed by atoms with E-state index in [9.17, 15) is 4.79 Å². The highest BCUT2D eigenvalue weighted by atomic mass is 16.5. The summed E-state index contributed by atoms with van der Waals surface area (Å²) < 4.78 is 10.4. The molecule has 26 heavy (non-hydrogen) atoms. The standard InChI is InChI=1S/C20H25N3O3/c1-15-19(16(2)26-21-15)14-22-9-11-23(12-10-22)20(24)8-7-17-5-4-6-18(13-17)25-3/h4-8,13H,9-12,14H2,1-3H3. The Hall–Kier alpha value is -2.60. The fourth-order valence-electron chi connectivity index (χ4n) is 3.10. The van der Waals surface area contributed by atoms with E-state index in [1.165, 1.54) is 0 Å². The molecule has 6 nitrogen and oxygen atoms in total. The van der Waals surface area contributed by atoms with Crippen molar-refractivity contribution in [3.05, 3.63) is 52.9 Å². The van der Waals surface area contributed by atoms with Crippen LogP contribution in [0.3, 0.4) is 0 Å². The summed E-state index contributed by atoms with van der Waals surface area (Å²) in [7, 11) is 1.63. The molecule has 6 heteroatoms. The quantitative estimate of drug-likeness (QED) is 0.772. The highest BCUT2D eigenvalue weighted by Crippen LogP contribution is 2.17. The van der Waals surface area contributed by atoms with Crippen LogP contribution in [0.2, 0.25) is 0 Å². The van der Waals surface area contributed by atoms with Gasteiger partial charge < -0.3 is 14.2 Å². The van der Waals surface area contributed by atoms with Gasteiger partial charge in [0.15, 0.2) is 0 Å². The molecular weight excluding hydrogens is 330 g/mol. The summed E-state index contributed by atoms with van der Waals surface area (Å²) >= 11 is 0. The van der Waals surface area contributed by atoms with Gasteiger partial charge in [0.2, 0.25) is 5.91 Å². The molecule has 1 aromatic heterocycles. The van der Waals surface area contributed by atoms with Gasteiger partial charge in [0, 0.05) is 44.4 Å². The van der Waals surface area contributed by atoms with Crippen molar-refractivity contribution in [1.82, 2.24) is 15.0 Å². The number of carbonyl (C=O) groups is 1. The first-order chi connectivity index (χ1) is 12.6. The Balaban J connectivity index is 1.52. The average Bonchev–Trinajstić information content (AvgIpc) is 2.99. The molecule has 0 N–H and O–H groups in total. The predicted octanol–water partition coefficient (Wildman–Crippen LogP) is 2.66. The molecule has 1 amide bonds. The minimum atomic E-state index is 0.0461. The molecule has 2 aromatic rings. The second-order valence-electron chi connectivity index (χ2n) is 6.51. The van der Waals surface area contributed by atoms with Crippen LogP contribution in [0, 0.1) is 13.8 Å². The van der Waals surface area contributed by atoms with Gasteiger partial charge >= 0.3 is 0 Å². The second-order valence-corrected chi connectivity index (χ2v) is 6.51. The molecule has 3 rings (SSSR count). The van der Waals surface area contributed by atoms with Crippen LogP contribution in [0.15, 0.2) is 34.9 Å². The van der Waals surface area contributed by atoms with Crippen LogP contribution in [0.5, 0.6) is 5.75 Å². The van der Waals surface area contributed by atoms with Crippen molar-refractivity contribution in [2.75, 3.05) is 33.3 Å². The average molecular weight is 355 g/mol. The number of amides is 1. The first-order valence-corrected chi connectivity index (χ1v) is 8.82. The maximum absolute atomic E-state index is 12.4. The lowest BCUT2D eigenvalue weighted by atomic mass is 10.1. The minimum absolute atomic E-state index is 0.0461. The van der Waals surface area contributed by atoms with E-state index in [1.807, 2.05) is 49.1 Å². The van der Waals surface area contributed by atoms with Crippen molar-refractivity contribution in [1.29, 1.82) is 0 Å². The summed E-state index contributed by atoms with van der Waals surface area (Å²) in [5.41, 5.74) is 3.06. The van der Waals surface area contributed by atoms with Crippen molar-refractivity contribution < 1.29 is 14.1 Å². The Morgan fingerprint density at radius 1 is 1.27 bits per heavy atom. The minimum Gasteiger partial charge on any atom is -0.497 e. The summed E-state index contributed by atoms with van der Waals surface area (Å²) in [4.78, 5) is 16.6. The lowest BCUT2D eigenvalue weighted by Gasteiger charge is -2.34. The molecular formula is C20H25N3O3. The van der Waals surface area contributed by atoms with Crippen molar-refractivity contribution >= 4 is 12.0 Å². The van der Waals surface area contributed by atoms with Crippen molar-refractivity contribution in [2.24, 2.45) is 0 Å². The first kappa shape index (κ1) is 18.2. The zero-order valence-electron chi connectivity index (χ0n) is 15.6. The third kappa shape index (κ3) is 4.32. The Bertz CT molecular complexity index is 770. The fourth-order valence-corrected chi connectivity index (χ4v) is 3.10. The van der Waals surface area contributed by atoms with E-state index in [2.05, 4.69) is 10.1 Å². The summed E-state index contributed by atoms with van der Waals surface area (Å²) in [6.45, 7) is 7.89. The second kappa shape index (κ2) is 8.19. The van der Waals surface area contributed by atoms with E-state index in [1.54, 1.807) is 13.2 Å². The van der Waals surface area contributed by atoms with Gasteiger partial charge in [0.25, 0.3) is 0 Å². The number of aryl methyl sites for hydroxylation is 2. The predicted molar refractivity (Wildman–Crippen MR) is 99.9 cm³/mol. The van der Waals surface area contributed by atoms with E-state index in [-0.39, 0.29) is 5.91 Å². The molecule has 0 aliphatic carbocycles. The Morgan fingerprint density at radius 2 is 2.04 bits per heavy atom. The van der Waals surface area contributed by atoms with Gasteiger partial charge in [-0.3, -0.25) is 9.69 Å². The molecule has 0 saturated carbocycles. The summed E-state index contributed by atoms with van der Waals surface area (Å²) in [5.74, 6) is 1.71. The van der Waals surface area contributed by atoms with Gasteiger partial charge in [-0.25, -0.2) is 0 Å². The van der Waals surface area contributed by atoms with Crippen molar-refractivity contribution in [3.8, 4) is 5.75 Å². The molecule has 1 fully saturated rings. The zero-order valence-corrected chi connectivity index (χ0v) is 15.6. The molecule has 1 aliphatic rings. The largest absolute Gasteiger partial charge is 0.497 e. The van der Waals surface area contributed by atoms with E-state index in [4.69, 9.17) is 9.26 Å². The smallest absolute Gasteiger partial charge is 0.246 e. The van der Waals surface area contributed by atoms with Crippen LogP contribution in [0.25, 0.3) is 6.08 Å². The topological polar surface area (TPSA) is 58.8 Å². The molecule has 0 radical (unpaired) electrons. The Morgan fingerprint density at radius 3 is 2.69 bits per heavy atom.